The van der Waals surface area contributed by atoms with Gasteiger partial charge in [0.15, 0.2) is 9.84 Å². The van der Waals surface area contributed by atoms with Crippen molar-refractivity contribution >= 4 is 9.84 Å². The largest absolute Gasteiger partial charge is 0.367 e. The van der Waals surface area contributed by atoms with Crippen LogP contribution in [0.4, 0.5) is 0 Å². The molecule has 3 nitrogen and oxygen atoms in total. The molecule has 1 saturated heterocycles. The maximum Gasteiger partial charge on any atom is 0.181 e. The van der Waals surface area contributed by atoms with Crippen LogP contribution >= 0.6 is 0 Å². The molecule has 4 heteroatoms. The average Bonchev–Trinajstić information content (AvgIpc) is 3.18. The van der Waals surface area contributed by atoms with Crippen LogP contribution in [0.5, 0.6) is 0 Å². The van der Waals surface area contributed by atoms with Crippen LogP contribution in [-0.4, -0.2) is 25.9 Å². The molecule has 26 heavy (non-hydrogen) atoms. The summed E-state index contributed by atoms with van der Waals surface area (Å²) in [6, 6.07) is 7.05. The molecule has 144 valence electrons. The second kappa shape index (κ2) is 8.53. The molecule has 1 heterocycles. The van der Waals surface area contributed by atoms with Crippen molar-refractivity contribution < 1.29 is 13.2 Å². The van der Waals surface area contributed by atoms with Crippen molar-refractivity contribution in [2.75, 3.05) is 5.75 Å². The Morgan fingerprint density at radius 2 is 1.65 bits per heavy atom. The summed E-state index contributed by atoms with van der Waals surface area (Å²) >= 11 is 0. The van der Waals surface area contributed by atoms with Gasteiger partial charge in [-0.25, -0.2) is 8.42 Å². The number of benzene rings is 1. The molecule has 0 bridgehead atoms. The fourth-order valence-corrected chi connectivity index (χ4v) is 4.19. The molecule has 1 aliphatic rings. The number of ether oxygens (including phenoxy) is 1. The third kappa shape index (κ3) is 6.40. The van der Waals surface area contributed by atoms with Gasteiger partial charge in [0.1, 0.15) is 0 Å². The molecule has 1 atom stereocenters. The summed E-state index contributed by atoms with van der Waals surface area (Å²) in [7, 11) is -3.24. The summed E-state index contributed by atoms with van der Waals surface area (Å²) in [6.07, 6.45) is 8.51. The van der Waals surface area contributed by atoms with Crippen LogP contribution in [-0.2, 0) is 14.6 Å². The van der Waals surface area contributed by atoms with Gasteiger partial charge < -0.3 is 4.74 Å². The quantitative estimate of drug-likeness (QED) is 0.428. The minimum atomic E-state index is -3.24. The van der Waals surface area contributed by atoms with Crippen molar-refractivity contribution in [3.8, 4) is 0 Å². The van der Waals surface area contributed by atoms with E-state index in [-0.39, 0.29) is 11.4 Å². The van der Waals surface area contributed by atoms with Crippen LogP contribution in [0.2, 0.25) is 0 Å². The summed E-state index contributed by atoms with van der Waals surface area (Å²) < 4.78 is 30.3. The zero-order chi connectivity index (χ0) is 19.4. The van der Waals surface area contributed by atoms with Crippen LogP contribution in [0.3, 0.4) is 0 Å². The summed E-state index contributed by atoms with van der Waals surface area (Å²) in [5.74, 6) is 0.0681. The van der Waals surface area contributed by atoms with E-state index in [2.05, 4.69) is 26.8 Å². The number of epoxide rings is 1. The number of sulfone groups is 1. The van der Waals surface area contributed by atoms with Crippen molar-refractivity contribution in [2.45, 2.75) is 76.9 Å². The summed E-state index contributed by atoms with van der Waals surface area (Å²) in [5, 5.41) is 0. The predicted molar refractivity (Wildman–Crippen MR) is 108 cm³/mol. The van der Waals surface area contributed by atoms with Gasteiger partial charge in [-0.05, 0) is 72.4 Å². The Labute approximate surface area is 159 Å². The fraction of sp³-hybridized carbons (Fsp3) is 0.545. The standard InChI is InChI=1S/C22H32O3S/c1-17(11-14-21-22(4,5)25-21)7-6-8-18(2)15-16-26(23,24)20-12-9-19(3)10-13-20/h7,9-10,12-13,15,21H,6,8,11,14,16H2,1-5H3/b17-7+,18-15+. The second-order valence-corrected chi connectivity index (χ2v) is 10.0. The van der Waals surface area contributed by atoms with E-state index in [1.165, 1.54) is 5.57 Å². The predicted octanol–water partition coefficient (Wildman–Crippen LogP) is 5.40. The smallest absolute Gasteiger partial charge is 0.181 e. The summed E-state index contributed by atoms with van der Waals surface area (Å²) in [4.78, 5) is 0.396. The molecule has 1 aromatic carbocycles. The summed E-state index contributed by atoms with van der Waals surface area (Å²) in [6.45, 7) is 10.4. The van der Waals surface area contributed by atoms with Gasteiger partial charge in [-0.3, -0.25) is 0 Å². The fourth-order valence-electron chi connectivity index (χ4n) is 2.94. The highest BCUT2D eigenvalue weighted by Crippen LogP contribution is 2.38. The molecular formula is C22H32O3S. The zero-order valence-corrected chi connectivity index (χ0v) is 17.5. The maximum absolute atomic E-state index is 12.4. The lowest BCUT2D eigenvalue weighted by Gasteiger charge is -2.04. The number of hydrogen-bond donors (Lipinski definition) is 0. The lowest BCUT2D eigenvalue weighted by molar-refractivity contribution is 0.320. The van der Waals surface area contributed by atoms with Crippen LogP contribution in [0, 0.1) is 6.92 Å². The van der Waals surface area contributed by atoms with E-state index in [0.29, 0.717) is 11.0 Å². The zero-order valence-electron chi connectivity index (χ0n) is 16.7. The minimum absolute atomic E-state index is 0.0681. The molecule has 0 spiro atoms. The van der Waals surface area contributed by atoms with Crippen molar-refractivity contribution in [2.24, 2.45) is 0 Å². The van der Waals surface area contributed by atoms with Crippen LogP contribution in [0.25, 0.3) is 0 Å². The van der Waals surface area contributed by atoms with Crippen molar-refractivity contribution in [3.63, 3.8) is 0 Å². The van der Waals surface area contributed by atoms with Crippen LogP contribution in [0.15, 0.2) is 52.5 Å². The van der Waals surface area contributed by atoms with Gasteiger partial charge in [-0.15, -0.1) is 0 Å². The molecule has 1 aromatic rings. The van der Waals surface area contributed by atoms with Gasteiger partial charge in [-0.1, -0.05) is 41.0 Å². The van der Waals surface area contributed by atoms with E-state index in [1.54, 1.807) is 12.1 Å². The normalized spacial score (nSPS) is 20.3. The first-order valence-corrected chi connectivity index (χ1v) is 11.0. The molecule has 1 aliphatic heterocycles. The molecule has 0 radical (unpaired) electrons. The molecule has 0 saturated carbocycles. The van der Waals surface area contributed by atoms with Crippen molar-refractivity contribution in [1.29, 1.82) is 0 Å². The van der Waals surface area contributed by atoms with E-state index in [4.69, 9.17) is 4.74 Å². The first-order valence-electron chi connectivity index (χ1n) is 9.39. The Morgan fingerprint density at radius 3 is 2.23 bits per heavy atom. The average molecular weight is 377 g/mol. The van der Waals surface area contributed by atoms with E-state index >= 15 is 0 Å². The SMILES string of the molecule is C/C(=C\CS(=O)(=O)c1ccc(C)cc1)CC/C=C(\C)CCC1OC1(C)C. The number of aryl methyl sites for hydroxylation is 1. The Balaban J connectivity index is 1.77. The van der Waals surface area contributed by atoms with Crippen molar-refractivity contribution in [1.82, 2.24) is 0 Å². The highest BCUT2D eigenvalue weighted by atomic mass is 32.2. The van der Waals surface area contributed by atoms with E-state index in [1.807, 2.05) is 32.1 Å². The van der Waals surface area contributed by atoms with Crippen molar-refractivity contribution in [3.05, 3.63) is 53.1 Å². The van der Waals surface area contributed by atoms with Crippen LogP contribution in [0.1, 0.15) is 58.9 Å². The molecular weight excluding hydrogens is 344 g/mol. The van der Waals surface area contributed by atoms with Gasteiger partial charge in [0.05, 0.1) is 22.4 Å². The molecule has 2 rings (SSSR count). The Morgan fingerprint density at radius 1 is 1.08 bits per heavy atom. The first-order chi connectivity index (χ1) is 12.1. The van der Waals surface area contributed by atoms with E-state index in [0.717, 1.165) is 36.8 Å². The first kappa shape index (κ1) is 20.9. The van der Waals surface area contributed by atoms with Gasteiger partial charge in [0, 0.05) is 0 Å². The third-order valence-electron chi connectivity index (χ3n) is 5.03. The monoisotopic (exact) mass is 376 g/mol. The third-order valence-corrected chi connectivity index (χ3v) is 6.62. The topological polar surface area (TPSA) is 46.7 Å². The van der Waals surface area contributed by atoms with Gasteiger partial charge in [-0.2, -0.15) is 0 Å². The minimum Gasteiger partial charge on any atom is -0.367 e. The Bertz CT molecular complexity index is 768. The lowest BCUT2D eigenvalue weighted by atomic mass is 10.0. The molecule has 0 aliphatic carbocycles. The Hall–Kier alpha value is -1.39. The number of allylic oxidation sites excluding steroid dienone is 3. The molecule has 1 fully saturated rings. The second-order valence-electron chi connectivity index (χ2n) is 7.98. The maximum atomic E-state index is 12.4. The highest BCUT2D eigenvalue weighted by molar-refractivity contribution is 7.91. The molecule has 0 amide bonds. The lowest BCUT2D eigenvalue weighted by Crippen LogP contribution is -2.05. The van der Waals surface area contributed by atoms with Crippen LogP contribution < -0.4 is 0 Å². The van der Waals surface area contributed by atoms with Gasteiger partial charge in [0.2, 0.25) is 0 Å². The highest BCUT2D eigenvalue weighted by Gasteiger charge is 2.46. The molecule has 0 N–H and O–H groups in total. The molecule has 0 aromatic heterocycles. The number of hydrogen-bond acceptors (Lipinski definition) is 3. The molecule has 1 unspecified atom stereocenters. The van der Waals surface area contributed by atoms with Gasteiger partial charge >= 0.3 is 0 Å². The Kier molecular flexibility index (Phi) is 6.86. The number of rotatable bonds is 9. The summed E-state index contributed by atoms with van der Waals surface area (Å²) in [5.41, 5.74) is 3.64. The van der Waals surface area contributed by atoms with Gasteiger partial charge in [0.25, 0.3) is 0 Å². The van der Waals surface area contributed by atoms with E-state index in [9.17, 15) is 8.42 Å². The van der Waals surface area contributed by atoms with E-state index < -0.39 is 9.84 Å².